The lowest BCUT2D eigenvalue weighted by molar-refractivity contribution is -0.173. The van der Waals surface area contributed by atoms with Gasteiger partial charge in [-0.1, -0.05) is 6.92 Å². The minimum atomic E-state index is -4.48. The van der Waals surface area contributed by atoms with Gasteiger partial charge in [0.25, 0.3) is 5.91 Å². The molecule has 3 rings (SSSR count). The van der Waals surface area contributed by atoms with Gasteiger partial charge < -0.3 is 10.6 Å². The van der Waals surface area contributed by atoms with Crippen molar-refractivity contribution in [2.75, 3.05) is 16.8 Å². The molecule has 1 aromatic rings. The summed E-state index contributed by atoms with van der Waals surface area (Å²) in [5.74, 6) is -0.762. The largest absolute Gasteiger partial charge is 0.410 e. The van der Waals surface area contributed by atoms with Gasteiger partial charge in [0.1, 0.15) is 5.82 Å². The van der Waals surface area contributed by atoms with E-state index in [1.807, 2.05) is 0 Å². The van der Waals surface area contributed by atoms with E-state index >= 15 is 0 Å². The van der Waals surface area contributed by atoms with Crippen LogP contribution in [0.25, 0.3) is 0 Å². The average Bonchev–Trinajstić information content (AvgIpc) is 3.05. The first kappa shape index (κ1) is 19.0. The molecule has 1 saturated heterocycles. The molecular weight excluding hydrogens is 373 g/mol. The third-order valence-corrected chi connectivity index (χ3v) is 6.82. The summed E-state index contributed by atoms with van der Waals surface area (Å²) in [6.07, 6.45) is -3.87. The molecule has 0 aromatic carbocycles. The van der Waals surface area contributed by atoms with Gasteiger partial charge in [-0.3, -0.25) is 4.79 Å². The Balaban J connectivity index is 1.85. The van der Waals surface area contributed by atoms with E-state index < -0.39 is 33.5 Å². The summed E-state index contributed by atoms with van der Waals surface area (Å²) in [7, 11) is -3.22. The molecule has 11 heteroatoms. The molecule has 2 N–H and O–H groups in total. The van der Waals surface area contributed by atoms with Gasteiger partial charge in [0.2, 0.25) is 0 Å². The second-order valence-corrected chi connectivity index (χ2v) is 9.44. The minimum Gasteiger partial charge on any atom is -0.367 e. The zero-order chi connectivity index (χ0) is 19.3. The Kier molecular flexibility index (Phi) is 4.48. The van der Waals surface area contributed by atoms with Crippen LogP contribution in [0.4, 0.5) is 19.0 Å². The number of fused-ring (bicyclic) bond motifs is 1. The van der Waals surface area contributed by atoms with Crippen molar-refractivity contribution in [2.45, 2.75) is 56.9 Å². The molecule has 0 aliphatic carbocycles. The maximum Gasteiger partial charge on any atom is 0.410 e. The lowest BCUT2D eigenvalue weighted by Crippen LogP contribution is -2.47. The van der Waals surface area contributed by atoms with E-state index in [2.05, 4.69) is 15.7 Å². The lowest BCUT2D eigenvalue weighted by atomic mass is 10.0. The Morgan fingerprint density at radius 1 is 1.50 bits per heavy atom. The number of aromatic nitrogens is 2. The van der Waals surface area contributed by atoms with Crippen LogP contribution in [0.2, 0.25) is 0 Å². The highest BCUT2D eigenvalue weighted by molar-refractivity contribution is 7.91. The van der Waals surface area contributed by atoms with Gasteiger partial charge in [-0.25, -0.2) is 13.1 Å². The fourth-order valence-corrected chi connectivity index (χ4v) is 5.57. The topological polar surface area (TPSA) is 93.1 Å². The van der Waals surface area contributed by atoms with Crippen LogP contribution in [0.15, 0.2) is 6.07 Å². The summed E-state index contributed by atoms with van der Waals surface area (Å²) in [4.78, 5) is 12.5. The molecule has 3 atom stereocenters. The number of carbonyl (C=O) groups is 1. The van der Waals surface area contributed by atoms with Crippen molar-refractivity contribution in [3.8, 4) is 0 Å². The van der Waals surface area contributed by atoms with E-state index in [9.17, 15) is 26.4 Å². The number of hydrogen-bond acceptors (Lipinski definition) is 5. The van der Waals surface area contributed by atoms with Crippen molar-refractivity contribution in [3.63, 3.8) is 0 Å². The Labute approximate surface area is 149 Å². The van der Waals surface area contributed by atoms with Gasteiger partial charge in [-0.2, -0.15) is 18.3 Å². The number of amides is 1. The molecule has 26 heavy (non-hydrogen) atoms. The SMILES string of the molecule is CC[C@@H]1C[C@H](C(F)(F)F)n2nc(C(=O)N[C@@]3(C)CCS(=O)(=O)C3)cc2N1. The van der Waals surface area contributed by atoms with Crippen molar-refractivity contribution in [1.29, 1.82) is 0 Å². The molecule has 0 unspecified atom stereocenters. The number of alkyl halides is 3. The molecule has 0 bridgehead atoms. The fourth-order valence-electron chi connectivity index (χ4n) is 3.48. The second kappa shape index (κ2) is 6.14. The Hall–Kier alpha value is -1.78. The molecule has 1 fully saturated rings. The van der Waals surface area contributed by atoms with E-state index in [1.54, 1.807) is 13.8 Å². The van der Waals surface area contributed by atoms with Gasteiger partial charge in [0.05, 0.1) is 17.0 Å². The molecule has 1 aromatic heterocycles. The molecular formula is C15H21F3N4O3S. The number of nitrogens with one attached hydrogen (secondary N) is 2. The van der Waals surface area contributed by atoms with Gasteiger partial charge in [-0.05, 0) is 26.2 Å². The number of anilines is 1. The van der Waals surface area contributed by atoms with E-state index in [0.29, 0.717) is 6.42 Å². The van der Waals surface area contributed by atoms with Crippen LogP contribution < -0.4 is 10.6 Å². The van der Waals surface area contributed by atoms with E-state index in [1.165, 1.54) is 6.07 Å². The summed E-state index contributed by atoms with van der Waals surface area (Å²) in [6, 6.07) is -0.880. The molecule has 0 saturated carbocycles. The van der Waals surface area contributed by atoms with Crippen LogP contribution in [0.3, 0.4) is 0 Å². The summed E-state index contributed by atoms with van der Waals surface area (Å²) in [5, 5.41) is 9.43. The number of carbonyl (C=O) groups excluding carboxylic acids is 1. The third kappa shape index (κ3) is 3.67. The van der Waals surface area contributed by atoms with Crippen LogP contribution in [-0.4, -0.2) is 53.4 Å². The second-order valence-electron chi connectivity index (χ2n) is 7.26. The van der Waals surface area contributed by atoms with Crippen molar-refractivity contribution in [1.82, 2.24) is 15.1 Å². The van der Waals surface area contributed by atoms with Gasteiger partial charge in [-0.15, -0.1) is 0 Å². The first-order chi connectivity index (χ1) is 11.9. The van der Waals surface area contributed by atoms with Gasteiger partial charge >= 0.3 is 6.18 Å². The smallest absolute Gasteiger partial charge is 0.367 e. The van der Waals surface area contributed by atoms with Gasteiger partial charge in [0, 0.05) is 12.1 Å². The normalized spacial score (nSPS) is 30.5. The monoisotopic (exact) mass is 394 g/mol. The number of hydrogen-bond donors (Lipinski definition) is 2. The van der Waals surface area contributed by atoms with Crippen LogP contribution >= 0.6 is 0 Å². The number of nitrogens with zero attached hydrogens (tertiary/aromatic N) is 2. The van der Waals surface area contributed by atoms with Crippen molar-refractivity contribution in [3.05, 3.63) is 11.8 Å². The summed E-state index contributed by atoms with van der Waals surface area (Å²) < 4.78 is 64.2. The first-order valence-corrected chi connectivity index (χ1v) is 10.2. The molecule has 1 amide bonds. The molecule has 2 aliphatic heterocycles. The zero-order valence-corrected chi connectivity index (χ0v) is 15.2. The van der Waals surface area contributed by atoms with Crippen LogP contribution in [-0.2, 0) is 9.84 Å². The lowest BCUT2D eigenvalue weighted by Gasteiger charge is -2.32. The highest BCUT2D eigenvalue weighted by Crippen LogP contribution is 2.40. The predicted molar refractivity (Wildman–Crippen MR) is 88.8 cm³/mol. The quantitative estimate of drug-likeness (QED) is 0.817. The standard InChI is InChI=1S/C15H21F3N4O3S/c1-3-9-6-11(15(16,17)18)22-12(19-9)7-10(21-22)13(23)20-14(2)4-5-26(24,25)8-14/h7,9,11,19H,3-6,8H2,1-2H3,(H,20,23)/t9-,11-,14+/m1/s1. The molecule has 7 nitrogen and oxygen atoms in total. The predicted octanol–water partition coefficient (Wildman–Crippen LogP) is 1.89. The summed E-state index contributed by atoms with van der Waals surface area (Å²) in [6.45, 7) is 3.39. The van der Waals surface area contributed by atoms with Gasteiger partial charge in [0.15, 0.2) is 21.6 Å². The molecule has 146 valence electrons. The Morgan fingerprint density at radius 2 is 2.19 bits per heavy atom. The number of rotatable bonds is 3. The fraction of sp³-hybridized carbons (Fsp3) is 0.733. The molecule has 2 aliphatic rings. The van der Waals surface area contributed by atoms with Crippen molar-refractivity contribution < 1.29 is 26.4 Å². The maximum absolute atomic E-state index is 13.4. The molecule has 3 heterocycles. The molecule has 0 spiro atoms. The van der Waals surface area contributed by atoms with Crippen LogP contribution in [0.1, 0.15) is 49.6 Å². The summed E-state index contributed by atoms with van der Waals surface area (Å²) in [5.41, 5.74) is -1.10. The highest BCUT2D eigenvalue weighted by Gasteiger charge is 2.46. The van der Waals surface area contributed by atoms with Crippen LogP contribution in [0.5, 0.6) is 0 Å². The number of halogens is 3. The zero-order valence-electron chi connectivity index (χ0n) is 14.4. The van der Waals surface area contributed by atoms with Crippen LogP contribution in [0, 0.1) is 0 Å². The van der Waals surface area contributed by atoms with E-state index in [-0.39, 0.29) is 41.9 Å². The minimum absolute atomic E-state index is 0.0284. The Morgan fingerprint density at radius 3 is 2.73 bits per heavy atom. The van der Waals surface area contributed by atoms with E-state index in [0.717, 1.165) is 4.68 Å². The summed E-state index contributed by atoms with van der Waals surface area (Å²) >= 11 is 0. The highest BCUT2D eigenvalue weighted by atomic mass is 32.2. The maximum atomic E-state index is 13.4. The first-order valence-electron chi connectivity index (χ1n) is 8.38. The Bertz CT molecular complexity index is 821. The van der Waals surface area contributed by atoms with E-state index in [4.69, 9.17) is 0 Å². The van der Waals surface area contributed by atoms with Crippen molar-refractivity contribution >= 4 is 21.6 Å². The van der Waals surface area contributed by atoms with Crippen molar-refractivity contribution in [2.24, 2.45) is 0 Å². The molecule has 0 radical (unpaired) electrons. The average molecular weight is 394 g/mol. The number of sulfone groups is 1. The third-order valence-electron chi connectivity index (χ3n) is 4.91.